The second-order valence-corrected chi connectivity index (χ2v) is 6.04. The Balaban J connectivity index is 0.00000225. The Bertz CT molecular complexity index is 729. The third-order valence-electron chi connectivity index (χ3n) is 4.19. The van der Waals surface area contributed by atoms with E-state index in [1.165, 1.54) is 0 Å². The maximum Gasteiger partial charge on any atom is 0.251 e. The Kier molecular flexibility index (Phi) is 6.42. The van der Waals surface area contributed by atoms with Crippen molar-refractivity contribution in [2.75, 3.05) is 12.3 Å². The van der Waals surface area contributed by atoms with Crippen molar-refractivity contribution in [2.45, 2.75) is 25.9 Å². The van der Waals surface area contributed by atoms with E-state index in [2.05, 4.69) is 5.32 Å². The molecule has 0 unspecified atom stereocenters. The van der Waals surface area contributed by atoms with Gasteiger partial charge < -0.3 is 16.0 Å². The Morgan fingerprint density at radius 2 is 1.68 bits per heavy atom. The highest BCUT2D eigenvalue weighted by molar-refractivity contribution is 5.94. The van der Waals surface area contributed by atoms with Crippen LogP contribution in [0.25, 0.3) is 0 Å². The average molecular weight is 360 g/mol. The molecule has 2 amide bonds. The topological polar surface area (TPSA) is 75.4 Å². The van der Waals surface area contributed by atoms with Gasteiger partial charge in [0.15, 0.2) is 0 Å². The summed E-state index contributed by atoms with van der Waals surface area (Å²) in [4.78, 5) is 25.6. The zero-order valence-electron chi connectivity index (χ0n) is 13.9. The third kappa shape index (κ3) is 4.97. The van der Waals surface area contributed by atoms with Crippen LogP contribution in [-0.2, 0) is 17.9 Å². The van der Waals surface area contributed by atoms with E-state index in [9.17, 15) is 9.59 Å². The number of likely N-dealkylation sites (tertiary alicyclic amines) is 1. The van der Waals surface area contributed by atoms with E-state index < -0.39 is 0 Å². The molecule has 2 aromatic carbocycles. The maximum atomic E-state index is 12.1. The highest BCUT2D eigenvalue weighted by atomic mass is 35.5. The number of hydrogen-bond acceptors (Lipinski definition) is 3. The van der Waals surface area contributed by atoms with Crippen LogP contribution in [0.4, 0.5) is 5.69 Å². The number of anilines is 1. The van der Waals surface area contributed by atoms with Crippen LogP contribution >= 0.6 is 12.4 Å². The quantitative estimate of drug-likeness (QED) is 0.806. The molecule has 0 aliphatic carbocycles. The van der Waals surface area contributed by atoms with Crippen LogP contribution in [-0.4, -0.2) is 23.3 Å². The van der Waals surface area contributed by atoms with Gasteiger partial charge in [-0.05, 0) is 41.8 Å². The second-order valence-electron chi connectivity index (χ2n) is 6.04. The van der Waals surface area contributed by atoms with Gasteiger partial charge in [0.1, 0.15) is 0 Å². The summed E-state index contributed by atoms with van der Waals surface area (Å²) in [5.74, 6) is 0.108. The Labute approximate surface area is 153 Å². The summed E-state index contributed by atoms with van der Waals surface area (Å²) in [7, 11) is 0. The molecule has 3 rings (SSSR count). The number of nitrogens with one attached hydrogen (secondary N) is 1. The minimum atomic E-state index is -0.123. The Morgan fingerprint density at radius 3 is 2.28 bits per heavy atom. The van der Waals surface area contributed by atoms with E-state index in [0.29, 0.717) is 30.8 Å². The van der Waals surface area contributed by atoms with E-state index in [0.717, 1.165) is 24.1 Å². The molecule has 2 aromatic rings. The maximum absolute atomic E-state index is 12.1. The fourth-order valence-electron chi connectivity index (χ4n) is 2.77. The highest BCUT2D eigenvalue weighted by Crippen LogP contribution is 2.15. The largest absolute Gasteiger partial charge is 0.399 e. The number of hydrogen-bond donors (Lipinski definition) is 2. The lowest BCUT2D eigenvalue weighted by Gasteiger charge is -2.15. The molecular formula is C19H22ClN3O2. The van der Waals surface area contributed by atoms with E-state index in [4.69, 9.17) is 5.73 Å². The fraction of sp³-hybridized carbons (Fsp3) is 0.263. The number of nitrogen functional groups attached to an aromatic ring is 1. The van der Waals surface area contributed by atoms with Crippen molar-refractivity contribution >= 4 is 29.9 Å². The standard InChI is InChI=1S/C19H21N3O2.ClH/c20-17-9-7-16(8-10-17)19(24)21-12-14-3-5-15(6-4-14)13-22-11-1-2-18(22)23;/h3-10H,1-2,11-13,20H2,(H,21,24);1H. The van der Waals surface area contributed by atoms with Gasteiger partial charge in [0.2, 0.25) is 5.91 Å². The third-order valence-corrected chi connectivity index (χ3v) is 4.19. The number of nitrogens with zero attached hydrogens (tertiary/aromatic N) is 1. The van der Waals surface area contributed by atoms with Gasteiger partial charge in [-0.2, -0.15) is 0 Å². The number of amides is 2. The van der Waals surface area contributed by atoms with Crippen molar-refractivity contribution in [3.8, 4) is 0 Å². The Morgan fingerprint density at radius 1 is 1.04 bits per heavy atom. The summed E-state index contributed by atoms with van der Waals surface area (Å²) in [5.41, 5.74) is 8.98. The molecule has 0 radical (unpaired) electrons. The van der Waals surface area contributed by atoms with Crippen LogP contribution in [0.3, 0.4) is 0 Å². The van der Waals surface area contributed by atoms with Gasteiger partial charge >= 0.3 is 0 Å². The van der Waals surface area contributed by atoms with Crippen LogP contribution in [0.5, 0.6) is 0 Å². The van der Waals surface area contributed by atoms with E-state index in [1.54, 1.807) is 24.3 Å². The zero-order chi connectivity index (χ0) is 16.9. The first-order valence-corrected chi connectivity index (χ1v) is 8.11. The smallest absolute Gasteiger partial charge is 0.251 e. The van der Waals surface area contributed by atoms with Crippen molar-refractivity contribution in [2.24, 2.45) is 0 Å². The van der Waals surface area contributed by atoms with Crippen molar-refractivity contribution in [1.29, 1.82) is 0 Å². The van der Waals surface area contributed by atoms with Gasteiger partial charge in [-0.15, -0.1) is 12.4 Å². The van der Waals surface area contributed by atoms with Crippen LogP contribution in [0.1, 0.15) is 34.3 Å². The molecule has 25 heavy (non-hydrogen) atoms. The first-order chi connectivity index (χ1) is 11.6. The van der Waals surface area contributed by atoms with Crippen molar-refractivity contribution in [1.82, 2.24) is 10.2 Å². The molecule has 5 nitrogen and oxygen atoms in total. The predicted octanol–water partition coefficient (Wildman–Crippen LogP) is 2.74. The average Bonchev–Trinajstić information content (AvgIpc) is 2.99. The van der Waals surface area contributed by atoms with Crippen LogP contribution < -0.4 is 11.1 Å². The summed E-state index contributed by atoms with van der Waals surface area (Å²) in [6.07, 6.45) is 1.61. The molecule has 132 valence electrons. The van der Waals surface area contributed by atoms with Gasteiger partial charge in [-0.3, -0.25) is 9.59 Å². The first-order valence-electron chi connectivity index (χ1n) is 8.11. The minimum absolute atomic E-state index is 0. The molecule has 0 saturated carbocycles. The van der Waals surface area contributed by atoms with E-state index >= 15 is 0 Å². The summed E-state index contributed by atoms with van der Waals surface area (Å²) < 4.78 is 0. The fourth-order valence-corrected chi connectivity index (χ4v) is 2.77. The molecule has 1 saturated heterocycles. The normalized spacial score (nSPS) is 13.4. The molecular weight excluding hydrogens is 338 g/mol. The molecule has 3 N–H and O–H groups in total. The summed E-state index contributed by atoms with van der Waals surface area (Å²) in [5, 5.41) is 2.89. The lowest BCUT2D eigenvalue weighted by Crippen LogP contribution is -2.24. The predicted molar refractivity (Wildman–Crippen MR) is 100 cm³/mol. The zero-order valence-corrected chi connectivity index (χ0v) is 14.7. The number of benzene rings is 2. The van der Waals surface area contributed by atoms with Crippen LogP contribution in [0, 0.1) is 0 Å². The number of carbonyl (C=O) groups is 2. The highest BCUT2D eigenvalue weighted by Gasteiger charge is 2.19. The summed E-state index contributed by atoms with van der Waals surface area (Å²) >= 11 is 0. The summed E-state index contributed by atoms with van der Waals surface area (Å²) in [6.45, 7) is 1.97. The second kappa shape index (κ2) is 8.53. The number of nitrogens with two attached hydrogens (primary N) is 1. The van der Waals surface area contributed by atoms with E-state index in [-0.39, 0.29) is 24.2 Å². The van der Waals surface area contributed by atoms with Crippen LogP contribution in [0.15, 0.2) is 48.5 Å². The molecule has 1 heterocycles. The van der Waals surface area contributed by atoms with Gasteiger partial charge in [-0.1, -0.05) is 24.3 Å². The lowest BCUT2D eigenvalue weighted by molar-refractivity contribution is -0.128. The molecule has 0 atom stereocenters. The first kappa shape index (κ1) is 18.8. The number of rotatable bonds is 5. The number of carbonyl (C=O) groups excluding carboxylic acids is 2. The van der Waals surface area contributed by atoms with Gasteiger partial charge in [0, 0.05) is 37.3 Å². The lowest BCUT2D eigenvalue weighted by atomic mass is 10.1. The van der Waals surface area contributed by atoms with Gasteiger partial charge in [-0.25, -0.2) is 0 Å². The van der Waals surface area contributed by atoms with Gasteiger partial charge in [0.05, 0.1) is 0 Å². The van der Waals surface area contributed by atoms with Crippen LogP contribution in [0.2, 0.25) is 0 Å². The molecule has 0 aromatic heterocycles. The molecule has 1 aliphatic rings. The Hall–Kier alpha value is -2.53. The molecule has 0 bridgehead atoms. The van der Waals surface area contributed by atoms with Crippen molar-refractivity contribution < 1.29 is 9.59 Å². The van der Waals surface area contributed by atoms with Crippen molar-refractivity contribution in [3.05, 3.63) is 65.2 Å². The SMILES string of the molecule is Cl.Nc1ccc(C(=O)NCc2ccc(CN3CCCC3=O)cc2)cc1. The molecule has 6 heteroatoms. The van der Waals surface area contributed by atoms with E-state index in [1.807, 2.05) is 29.2 Å². The molecule has 1 fully saturated rings. The summed E-state index contributed by atoms with van der Waals surface area (Å²) in [6, 6.07) is 14.8. The minimum Gasteiger partial charge on any atom is -0.399 e. The van der Waals surface area contributed by atoms with Gasteiger partial charge in [0.25, 0.3) is 5.91 Å². The monoisotopic (exact) mass is 359 g/mol. The van der Waals surface area contributed by atoms with Crippen molar-refractivity contribution in [3.63, 3.8) is 0 Å². The molecule has 1 aliphatic heterocycles. The number of halogens is 1. The molecule has 0 spiro atoms.